The zero-order chi connectivity index (χ0) is 6.69. The Morgan fingerprint density at radius 2 is 2.00 bits per heavy atom. The van der Waals surface area contributed by atoms with Gasteiger partial charge in [0.25, 0.3) is 0 Å². The van der Waals surface area contributed by atoms with Crippen molar-refractivity contribution < 1.29 is 0 Å². The van der Waals surface area contributed by atoms with Gasteiger partial charge in [-0.25, -0.2) is 0 Å². The van der Waals surface area contributed by atoms with Crippen LogP contribution in [0.4, 0.5) is 0 Å². The minimum atomic E-state index is 1.09. The standard InChI is InChI=1S/C7H8IP/c8-5-6-3-1-2-4-7(6)9/h1-4H,5,9H2. The van der Waals surface area contributed by atoms with E-state index in [1.165, 1.54) is 10.9 Å². The lowest BCUT2D eigenvalue weighted by Gasteiger charge is -1.97. The molecule has 0 saturated carbocycles. The highest BCUT2D eigenvalue weighted by molar-refractivity contribution is 14.1. The average molecular weight is 250 g/mol. The Morgan fingerprint density at radius 1 is 1.33 bits per heavy atom. The van der Waals surface area contributed by atoms with E-state index in [4.69, 9.17) is 0 Å². The molecule has 0 N–H and O–H groups in total. The molecule has 0 spiro atoms. The first-order chi connectivity index (χ1) is 4.34. The Morgan fingerprint density at radius 3 is 2.44 bits per heavy atom. The normalized spacial score (nSPS) is 9.56. The second-order valence-corrected chi connectivity index (χ2v) is 3.22. The summed E-state index contributed by atoms with van der Waals surface area (Å²) in [6, 6.07) is 8.38. The average Bonchev–Trinajstić information content (AvgIpc) is 1.89. The molecule has 0 fully saturated rings. The summed E-state index contributed by atoms with van der Waals surface area (Å²) in [5.41, 5.74) is 1.41. The molecule has 0 amide bonds. The maximum Gasteiger partial charge on any atom is 0.0253 e. The van der Waals surface area contributed by atoms with Crippen molar-refractivity contribution in [3.8, 4) is 0 Å². The third-order valence-corrected chi connectivity index (χ3v) is 2.58. The van der Waals surface area contributed by atoms with Crippen molar-refractivity contribution >= 4 is 37.1 Å². The fourth-order valence-electron chi connectivity index (χ4n) is 0.656. The lowest BCUT2D eigenvalue weighted by atomic mass is 10.2. The van der Waals surface area contributed by atoms with Gasteiger partial charge in [-0.15, -0.1) is 9.24 Å². The minimum absolute atomic E-state index is 1.09. The lowest BCUT2D eigenvalue weighted by molar-refractivity contribution is 1.50. The number of alkyl halides is 1. The Kier molecular flexibility index (Phi) is 2.93. The van der Waals surface area contributed by atoms with E-state index in [1.54, 1.807) is 0 Å². The van der Waals surface area contributed by atoms with Gasteiger partial charge in [0, 0.05) is 4.43 Å². The first-order valence-corrected chi connectivity index (χ1v) is 4.84. The maximum absolute atomic E-state index is 2.73. The van der Waals surface area contributed by atoms with Crippen molar-refractivity contribution in [2.24, 2.45) is 0 Å². The molecule has 0 bridgehead atoms. The summed E-state index contributed by atoms with van der Waals surface area (Å²) < 4.78 is 1.09. The second kappa shape index (κ2) is 3.52. The van der Waals surface area contributed by atoms with Crippen molar-refractivity contribution in [1.82, 2.24) is 0 Å². The third-order valence-electron chi connectivity index (χ3n) is 1.20. The highest BCUT2D eigenvalue weighted by atomic mass is 127. The molecule has 1 unspecified atom stereocenters. The first kappa shape index (κ1) is 7.49. The molecule has 48 valence electrons. The maximum atomic E-state index is 2.73. The van der Waals surface area contributed by atoms with E-state index >= 15 is 0 Å². The largest absolute Gasteiger partial charge is 0.105 e. The minimum Gasteiger partial charge on any atom is -0.105 e. The van der Waals surface area contributed by atoms with E-state index < -0.39 is 0 Å². The fraction of sp³-hybridized carbons (Fsp3) is 0.143. The summed E-state index contributed by atoms with van der Waals surface area (Å²) in [6.07, 6.45) is 0. The van der Waals surface area contributed by atoms with Gasteiger partial charge in [-0.3, -0.25) is 0 Å². The Hall–Kier alpha value is 0.380. The Labute approximate surface area is 71.4 Å². The summed E-state index contributed by atoms with van der Waals surface area (Å²) in [4.78, 5) is 0. The molecule has 0 heterocycles. The molecule has 9 heavy (non-hydrogen) atoms. The van der Waals surface area contributed by atoms with Gasteiger partial charge in [0.1, 0.15) is 0 Å². The number of rotatable bonds is 1. The van der Waals surface area contributed by atoms with E-state index in [2.05, 4.69) is 56.1 Å². The van der Waals surface area contributed by atoms with Crippen LogP contribution in [0.5, 0.6) is 0 Å². The summed E-state index contributed by atoms with van der Waals surface area (Å²) in [5, 5.41) is 1.31. The van der Waals surface area contributed by atoms with Crippen molar-refractivity contribution in [2.45, 2.75) is 4.43 Å². The van der Waals surface area contributed by atoms with Gasteiger partial charge in [-0.05, 0) is 10.9 Å². The van der Waals surface area contributed by atoms with E-state index in [0.29, 0.717) is 0 Å². The predicted molar refractivity (Wildman–Crippen MR) is 53.5 cm³/mol. The molecule has 1 aromatic rings. The summed E-state index contributed by atoms with van der Waals surface area (Å²) >= 11 is 2.37. The van der Waals surface area contributed by atoms with Gasteiger partial charge in [-0.2, -0.15) is 0 Å². The van der Waals surface area contributed by atoms with Gasteiger partial charge >= 0.3 is 0 Å². The zero-order valence-electron chi connectivity index (χ0n) is 4.97. The van der Waals surface area contributed by atoms with Gasteiger partial charge in [0.15, 0.2) is 0 Å². The third kappa shape index (κ3) is 1.91. The second-order valence-electron chi connectivity index (χ2n) is 1.83. The molecular weight excluding hydrogens is 242 g/mol. The van der Waals surface area contributed by atoms with Crippen LogP contribution in [0.2, 0.25) is 0 Å². The molecule has 0 aliphatic rings. The molecule has 0 radical (unpaired) electrons. The summed E-state index contributed by atoms with van der Waals surface area (Å²) in [7, 11) is 2.73. The van der Waals surface area contributed by atoms with E-state index in [0.717, 1.165) is 4.43 Å². The van der Waals surface area contributed by atoms with Crippen LogP contribution in [0.3, 0.4) is 0 Å². The molecule has 0 saturated heterocycles. The van der Waals surface area contributed by atoms with Gasteiger partial charge in [-0.1, -0.05) is 46.9 Å². The van der Waals surface area contributed by atoms with Crippen molar-refractivity contribution in [3.05, 3.63) is 29.8 Å². The highest BCUT2D eigenvalue weighted by Crippen LogP contribution is 2.04. The molecule has 0 aromatic heterocycles. The Balaban J connectivity index is 3.01. The molecule has 0 aliphatic heterocycles. The molecule has 1 aromatic carbocycles. The number of halogens is 1. The van der Waals surface area contributed by atoms with Crippen LogP contribution in [0.25, 0.3) is 0 Å². The Bertz CT molecular complexity index is 198. The van der Waals surface area contributed by atoms with Crippen LogP contribution in [0.1, 0.15) is 5.56 Å². The number of hydrogen-bond acceptors (Lipinski definition) is 0. The molecular formula is C7H8IP. The van der Waals surface area contributed by atoms with E-state index in [-0.39, 0.29) is 0 Å². The van der Waals surface area contributed by atoms with Crippen LogP contribution in [0.15, 0.2) is 24.3 Å². The van der Waals surface area contributed by atoms with E-state index in [1.807, 2.05) is 0 Å². The highest BCUT2D eigenvalue weighted by Gasteiger charge is 1.90. The first-order valence-electron chi connectivity index (χ1n) is 2.74. The number of benzene rings is 1. The van der Waals surface area contributed by atoms with Crippen molar-refractivity contribution in [2.75, 3.05) is 0 Å². The van der Waals surface area contributed by atoms with Crippen molar-refractivity contribution in [3.63, 3.8) is 0 Å². The zero-order valence-corrected chi connectivity index (χ0v) is 8.28. The molecule has 2 heteroatoms. The number of hydrogen-bond donors (Lipinski definition) is 0. The van der Waals surface area contributed by atoms with Gasteiger partial charge in [0.05, 0.1) is 0 Å². The molecule has 1 atom stereocenters. The van der Waals surface area contributed by atoms with Gasteiger partial charge in [0.2, 0.25) is 0 Å². The summed E-state index contributed by atoms with van der Waals surface area (Å²) in [5.74, 6) is 0. The van der Waals surface area contributed by atoms with Crippen LogP contribution < -0.4 is 5.30 Å². The monoisotopic (exact) mass is 250 g/mol. The van der Waals surface area contributed by atoms with Crippen molar-refractivity contribution in [1.29, 1.82) is 0 Å². The molecule has 0 nitrogen and oxygen atoms in total. The lowest BCUT2D eigenvalue weighted by Crippen LogP contribution is -1.96. The topological polar surface area (TPSA) is 0 Å². The fourth-order valence-corrected chi connectivity index (χ4v) is 2.08. The van der Waals surface area contributed by atoms with Crippen LogP contribution in [0, 0.1) is 0 Å². The molecule has 1 rings (SSSR count). The quantitative estimate of drug-likeness (QED) is 0.407. The van der Waals surface area contributed by atoms with E-state index in [9.17, 15) is 0 Å². The van der Waals surface area contributed by atoms with Gasteiger partial charge < -0.3 is 0 Å². The SMILES string of the molecule is Pc1ccccc1CI. The van der Waals surface area contributed by atoms with Crippen LogP contribution >= 0.6 is 31.8 Å². The smallest absolute Gasteiger partial charge is 0.0253 e. The van der Waals surface area contributed by atoms with Crippen LogP contribution in [-0.4, -0.2) is 0 Å². The summed E-state index contributed by atoms with van der Waals surface area (Å²) in [6.45, 7) is 0. The predicted octanol–water partition coefficient (Wildman–Crippen LogP) is 2.12. The van der Waals surface area contributed by atoms with Crippen LogP contribution in [-0.2, 0) is 4.43 Å². The molecule has 0 aliphatic carbocycles.